The molecular formula is C9H11F2NO. The molecule has 0 unspecified atom stereocenters. The zero-order valence-electron chi connectivity index (χ0n) is 7.00. The van der Waals surface area contributed by atoms with Crippen LogP contribution in [0.4, 0.5) is 8.78 Å². The lowest BCUT2D eigenvalue weighted by Gasteiger charge is -2.10. The first kappa shape index (κ1) is 10.1. The second kappa shape index (κ2) is 4.30. The highest BCUT2D eigenvalue weighted by Gasteiger charge is 2.14. The lowest BCUT2D eigenvalue weighted by molar-refractivity contribution is 0.164. The third-order valence-electron chi connectivity index (χ3n) is 1.78. The number of rotatable bonds is 3. The standard InChI is InChI=1S/C9H11F2NO/c10-7-3-1-2-6(9(7)11)8(13)4-5-12/h1-3,8,13H,4-5,12H2/t8-/m1/s1. The molecule has 0 saturated heterocycles. The monoisotopic (exact) mass is 187 g/mol. The van der Waals surface area contributed by atoms with E-state index in [0.29, 0.717) is 0 Å². The van der Waals surface area contributed by atoms with Gasteiger partial charge in [0.2, 0.25) is 0 Å². The van der Waals surface area contributed by atoms with Crippen molar-refractivity contribution < 1.29 is 13.9 Å². The molecule has 1 aromatic rings. The zero-order valence-corrected chi connectivity index (χ0v) is 7.00. The van der Waals surface area contributed by atoms with Crippen LogP contribution in [0, 0.1) is 11.6 Å². The smallest absolute Gasteiger partial charge is 0.164 e. The average Bonchev–Trinajstić information content (AvgIpc) is 2.10. The van der Waals surface area contributed by atoms with Crippen LogP contribution in [0.2, 0.25) is 0 Å². The van der Waals surface area contributed by atoms with E-state index >= 15 is 0 Å². The summed E-state index contributed by atoms with van der Waals surface area (Å²) < 4.78 is 25.7. The van der Waals surface area contributed by atoms with Crippen molar-refractivity contribution in [2.24, 2.45) is 5.73 Å². The lowest BCUT2D eigenvalue weighted by Crippen LogP contribution is -2.08. The third-order valence-corrected chi connectivity index (χ3v) is 1.78. The number of aliphatic hydroxyl groups is 1. The number of halogens is 2. The fraction of sp³-hybridized carbons (Fsp3) is 0.333. The van der Waals surface area contributed by atoms with Crippen molar-refractivity contribution in [2.75, 3.05) is 6.54 Å². The average molecular weight is 187 g/mol. The predicted molar refractivity (Wildman–Crippen MR) is 45.0 cm³/mol. The van der Waals surface area contributed by atoms with Crippen LogP contribution in [-0.4, -0.2) is 11.7 Å². The van der Waals surface area contributed by atoms with Gasteiger partial charge in [-0.25, -0.2) is 8.78 Å². The molecular weight excluding hydrogens is 176 g/mol. The van der Waals surface area contributed by atoms with Gasteiger partial charge in [0.15, 0.2) is 11.6 Å². The molecule has 0 saturated carbocycles. The molecule has 72 valence electrons. The molecule has 13 heavy (non-hydrogen) atoms. The van der Waals surface area contributed by atoms with Gasteiger partial charge in [0.05, 0.1) is 6.10 Å². The fourth-order valence-electron chi connectivity index (χ4n) is 1.09. The molecule has 0 fully saturated rings. The summed E-state index contributed by atoms with van der Waals surface area (Å²) in [6.07, 6.45) is -0.805. The Morgan fingerprint density at radius 1 is 1.38 bits per heavy atom. The molecule has 0 radical (unpaired) electrons. The van der Waals surface area contributed by atoms with Gasteiger partial charge in [0.1, 0.15) is 0 Å². The molecule has 1 rings (SSSR count). The van der Waals surface area contributed by atoms with Crippen LogP contribution in [0.5, 0.6) is 0 Å². The highest BCUT2D eigenvalue weighted by atomic mass is 19.2. The van der Waals surface area contributed by atoms with Crippen LogP contribution in [0.15, 0.2) is 18.2 Å². The van der Waals surface area contributed by atoms with Gasteiger partial charge in [-0.3, -0.25) is 0 Å². The van der Waals surface area contributed by atoms with Gasteiger partial charge in [0.25, 0.3) is 0 Å². The summed E-state index contributed by atoms with van der Waals surface area (Å²) in [5.74, 6) is -1.95. The molecule has 1 atom stereocenters. The molecule has 0 bridgehead atoms. The van der Waals surface area contributed by atoms with E-state index in [1.54, 1.807) is 0 Å². The summed E-state index contributed by atoms with van der Waals surface area (Å²) in [4.78, 5) is 0. The van der Waals surface area contributed by atoms with Crippen LogP contribution in [0.3, 0.4) is 0 Å². The molecule has 4 heteroatoms. The summed E-state index contributed by atoms with van der Waals surface area (Å²) in [7, 11) is 0. The number of nitrogens with two attached hydrogens (primary N) is 1. The normalized spacial score (nSPS) is 12.9. The molecule has 0 spiro atoms. The van der Waals surface area contributed by atoms with Gasteiger partial charge >= 0.3 is 0 Å². The van der Waals surface area contributed by atoms with Crippen LogP contribution in [0.25, 0.3) is 0 Å². The van der Waals surface area contributed by atoms with E-state index in [2.05, 4.69) is 0 Å². The maximum atomic E-state index is 13.0. The summed E-state index contributed by atoms with van der Waals surface area (Å²) in [6, 6.07) is 3.71. The van der Waals surface area contributed by atoms with Crippen molar-refractivity contribution in [3.05, 3.63) is 35.4 Å². The number of aliphatic hydroxyl groups excluding tert-OH is 1. The minimum absolute atomic E-state index is 0.0366. The predicted octanol–water partition coefficient (Wildman–Crippen LogP) is 1.35. The Hall–Kier alpha value is -1.00. The molecule has 0 aliphatic carbocycles. The van der Waals surface area contributed by atoms with Gasteiger partial charge in [0, 0.05) is 5.56 Å². The SMILES string of the molecule is NCC[C@@H](O)c1cccc(F)c1F. The Morgan fingerprint density at radius 3 is 2.69 bits per heavy atom. The molecule has 2 nitrogen and oxygen atoms in total. The van der Waals surface area contributed by atoms with Crippen LogP contribution < -0.4 is 5.73 Å². The Labute approximate surface area is 75.0 Å². The first-order valence-electron chi connectivity index (χ1n) is 3.99. The number of hydrogen-bond acceptors (Lipinski definition) is 2. The fourth-order valence-corrected chi connectivity index (χ4v) is 1.09. The minimum atomic E-state index is -1.03. The minimum Gasteiger partial charge on any atom is -0.388 e. The topological polar surface area (TPSA) is 46.2 Å². The highest BCUT2D eigenvalue weighted by molar-refractivity contribution is 5.21. The van der Waals surface area contributed by atoms with Crippen molar-refractivity contribution in [1.82, 2.24) is 0 Å². The third kappa shape index (κ3) is 2.23. The second-order valence-corrected chi connectivity index (χ2v) is 2.74. The van der Waals surface area contributed by atoms with Crippen molar-refractivity contribution in [3.63, 3.8) is 0 Å². The van der Waals surface area contributed by atoms with Gasteiger partial charge in [-0.05, 0) is 19.0 Å². The summed E-state index contributed by atoms with van der Waals surface area (Å²) in [5.41, 5.74) is 5.14. The summed E-state index contributed by atoms with van der Waals surface area (Å²) >= 11 is 0. The van der Waals surface area contributed by atoms with E-state index < -0.39 is 17.7 Å². The lowest BCUT2D eigenvalue weighted by atomic mass is 10.1. The van der Waals surface area contributed by atoms with Gasteiger partial charge in [-0.1, -0.05) is 12.1 Å². The molecule has 0 heterocycles. The quantitative estimate of drug-likeness (QED) is 0.750. The van der Waals surface area contributed by atoms with Gasteiger partial charge < -0.3 is 10.8 Å². The number of benzene rings is 1. The Morgan fingerprint density at radius 2 is 2.08 bits per heavy atom. The van der Waals surface area contributed by atoms with E-state index in [0.717, 1.165) is 6.07 Å². The van der Waals surface area contributed by atoms with E-state index in [-0.39, 0.29) is 18.5 Å². The van der Waals surface area contributed by atoms with Gasteiger partial charge in [-0.2, -0.15) is 0 Å². The zero-order chi connectivity index (χ0) is 9.84. The summed E-state index contributed by atoms with van der Waals surface area (Å²) in [5, 5.41) is 9.34. The van der Waals surface area contributed by atoms with Crippen molar-refractivity contribution in [1.29, 1.82) is 0 Å². The molecule has 0 amide bonds. The Kier molecular flexibility index (Phi) is 3.33. The van der Waals surface area contributed by atoms with Crippen LogP contribution in [0.1, 0.15) is 18.1 Å². The largest absolute Gasteiger partial charge is 0.388 e. The maximum absolute atomic E-state index is 13.0. The van der Waals surface area contributed by atoms with Crippen LogP contribution in [-0.2, 0) is 0 Å². The Balaban J connectivity index is 2.93. The van der Waals surface area contributed by atoms with E-state index in [1.807, 2.05) is 0 Å². The van der Waals surface area contributed by atoms with E-state index in [4.69, 9.17) is 5.73 Å². The summed E-state index contributed by atoms with van der Waals surface area (Å²) in [6.45, 7) is 0.233. The first-order valence-corrected chi connectivity index (χ1v) is 3.99. The second-order valence-electron chi connectivity index (χ2n) is 2.74. The molecule has 0 aromatic heterocycles. The van der Waals surface area contributed by atoms with Crippen molar-refractivity contribution >= 4 is 0 Å². The molecule has 3 N–H and O–H groups in total. The van der Waals surface area contributed by atoms with Crippen molar-refractivity contribution in [2.45, 2.75) is 12.5 Å². The van der Waals surface area contributed by atoms with E-state index in [1.165, 1.54) is 12.1 Å². The Bertz CT molecular complexity index is 291. The maximum Gasteiger partial charge on any atom is 0.164 e. The van der Waals surface area contributed by atoms with E-state index in [9.17, 15) is 13.9 Å². The molecule has 0 aliphatic rings. The molecule has 0 aliphatic heterocycles. The van der Waals surface area contributed by atoms with Gasteiger partial charge in [-0.15, -0.1) is 0 Å². The highest BCUT2D eigenvalue weighted by Crippen LogP contribution is 2.20. The number of hydrogen-bond donors (Lipinski definition) is 2. The van der Waals surface area contributed by atoms with Crippen molar-refractivity contribution in [3.8, 4) is 0 Å². The molecule has 1 aromatic carbocycles. The van der Waals surface area contributed by atoms with Crippen LogP contribution >= 0.6 is 0 Å². The first-order chi connectivity index (χ1) is 6.16.